The van der Waals surface area contributed by atoms with E-state index in [2.05, 4.69) is 14.8 Å². The molecule has 0 unspecified atom stereocenters. The van der Waals surface area contributed by atoms with E-state index in [1.807, 2.05) is 0 Å². The van der Waals surface area contributed by atoms with Crippen LogP contribution in [-0.2, 0) is 21.3 Å². The topological polar surface area (TPSA) is 95.3 Å². The highest BCUT2D eigenvalue weighted by Crippen LogP contribution is 2.30. The molecule has 0 amide bonds. The number of pyridine rings is 1. The molecule has 8 nitrogen and oxygen atoms in total. The van der Waals surface area contributed by atoms with E-state index in [-0.39, 0.29) is 4.90 Å². The molecule has 0 saturated carbocycles. The Labute approximate surface area is 149 Å². The first-order chi connectivity index (χ1) is 12.4. The van der Waals surface area contributed by atoms with Gasteiger partial charge in [-0.05, 0) is 12.5 Å². The molecule has 0 aliphatic carbocycles. The standard InChI is InChI=1S/C15H18F2N4O4S/c1-24-14-3-2-10(6-18-14)15-12(4-5-25-15)20-26(22,23)11-7-19-21(8-11)9-13(16)17/h2-3,6-8,12-13,15,20H,4-5,9H2,1H3/t12-,15+/m0/s1. The van der Waals surface area contributed by atoms with Crippen molar-refractivity contribution < 1.29 is 26.7 Å². The van der Waals surface area contributed by atoms with Gasteiger partial charge in [-0.3, -0.25) is 4.68 Å². The minimum Gasteiger partial charge on any atom is -0.481 e. The van der Waals surface area contributed by atoms with Gasteiger partial charge < -0.3 is 9.47 Å². The molecule has 0 radical (unpaired) electrons. The van der Waals surface area contributed by atoms with Crippen molar-refractivity contribution >= 4 is 10.0 Å². The zero-order valence-electron chi connectivity index (χ0n) is 13.9. The maximum Gasteiger partial charge on any atom is 0.257 e. The number of sulfonamides is 1. The lowest BCUT2D eigenvalue weighted by Gasteiger charge is -2.19. The van der Waals surface area contributed by atoms with Crippen molar-refractivity contribution in [1.29, 1.82) is 0 Å². The molecule has 11 heteroatoms. The number of halogens is 2. The number of nitrogens with zero attached hydrogens (tertiary/aromatic N) is 3. The van der Waals surface area contributed by atoms with E-state index in [4.69, 9.17) is 9.47 Å². The largest absolute Gasteiger partial charge is 0.481 e. The van der Waals surface area contributed by atoms with E-state index < -0.39 is 35.1 Å². The number of alkyl halides is 2. The van der Waals surface area contributed by atoms with Crippen LogP contribution in [0.4, 0.5) is 8.78 Å². The maximum absolute atomic E-state index is 12.5. The number of hydrogen-bond acceptors (Lipinski definition) is 6. The Morgan fingerprint density at radius 1 is 1.42 bits per heavy atom. The summed E-state index contributed by atoms with van der Waals surface area (Å²) < 4.78 is 63.9. The predicted octanol–water partition coefficient (Wildman–Crippen LogP) is 1.36. The van der Waals surface area contributed by atoms with Crippen molar-refractivity contribution in [3.05, 3.63) is 36.3 Å². The average molecular weight is 388 g/mol. The molecule has 0 aromatic carbocycles. The third kappa shape index (κ3) is 4.17. The fourth-order valence-electron chi connectivity index (χ4n) is 2.71. The molecule has 2 aromatic heterocycles. The van der Waals surface area contributed by atoms with Crippen molar-refractivity contribution in [3.63, 3.8) is 0 Å². The van der Waals surface area contributed by atoms with E-state index in [0.29, 0.717) is 24.5 Å². The molecule has 1 aliphatic heterocycles. The van der Waals surface area contributed by atoms with Gasteiger partial charge in [0.25, 0.3) is 6.43 Å². The average Bonchev–Trinajstić information content (AvgIpc) is 3.24. The minimum absolute atomic E-state index is 0.170. The smallest absolute Gasteiger partial charge is 0.257 e. The quantitative estimate of drug-likeness (QED) is 0.770. The van der Waals surface area contributed by atoms with Crippen LogP contribution in [0.3, 0.4) is 0 Å². The Morgan fingerprint density at radius 2 is 2.23 bits per heavy atom. The fraction of sp³-hybridized carbons (Fsp3) is 0.467. The van der Waals surface area contributed by atoms with Crippen LogP contribution in [0, 0.1) is 0 Å². The molecule has 26 heavy (non-hydrogen) atoms. The summed E-state index contributed by atoms with van der Waals surface area (Å²) in [6.45, 7) is -0.281. The van der Waals surface area contributed by atoms with E-state index in [1.165, 1.54) is 7.11 Å². The summed E-state index contributed by atoms with van der Waals surface area (Å²) in [6.07, 6.45) is 1.05. The molecule has 0 bridgehead atoms. The normalized spacial score (nSPS) is 20.6. The first-order valence-corrected chi connectivity index (χ1v) is 9.32. The number of ether oxygens (including phenoxy) is 2. The third-order valence-corrected chi connectivity index (χ3v) is 5.38. The van der Waals surface area contributed by atoms with Crippen molar-refractivity contribution in [2.24, 2.45) is 0 Å². The molecule has 1 fully saturated rings. The maximum atomic E-state index is 12.5. The molecule has 1 saturated heterocycles. The number of methoxy groups -OCH3 is 1. The van der Waals surface area contributed by atoms with Crippen LogP contribution in [-0.4, -0.2) is 49.4 Å². The minimum atomic E-state index is -3.92. The van der Waals surface area contributed by atoms with E-state index >= 15 is 0 Å². The number of aromatic nitrogens is 3. The summed E-state index contributed by atoms with van der Waals surface area (Å²) in [4.78, 5) is 3.93. The first-order valence-electron chi connectivity index (χ1n) is 7.83. The van der Waals surface area contributed by atoms with Gasteiger partial charge >= 0.3 is 0 Å². The second-order valence-corrected chi connectivity index (χ2v) is 7.44. The molecular weight excluding hydrogens is 370 g/mol. The summed E-state index contributed by atoms with van der Waals surface area (Å²) in [7, 11) is -2.42. The van der Waals surface area contributed by atoms with Crippen LogP contribution in [0.2, 0.25) is 0 Å². The van der Waals surface area contributed by atoms with Crippen LogP contribution in [0.15, 0.2) is 35.6 Å². The second-order valence-electron chi connectivity index (χ2n) is 5.73. The molecule has 1 aliphatic rings. The number of nitrogens with one attached hydrogen (secondary N) is 1. The Hall–Kier alpha value is -2.11. The molecule has 142 valence electrons. The third-order valence-electron chi connectivity index (χ3n) is 3.94. The van der Waals surface area contributed by atoms with E-state index in [9.17, 15) is 17.2 Å². The van der Waals surface area contributed by atoms with Gasteiger partial charge in [-0.1, -0.05) is 0 Å². The predicted molar refractivity (Wildman–Crippen MR) is 86.4 cm³/mol. The zero-order chi connectivity index (χ0) is 18.7. The molecule has 2 aromatic rings. The molecule has 1 N–H and O–H groups in total. The van der Waals surface area contributed by atoms with Crippen molar-refractivity contribution in [2.75, 3.05) is 13.7 Å². The Bertz CT molecular complexity index is 842. The molecule has 3 rings (SSSR count). The summed E-state index contributed by atoms with van der Waals surface area (Å²) in [5.74, 6) is 0.440. The molecule has 0 spiro atoms. The highest BCUT2D eigenvalue weighted by Gasteiger charge is 2.34. The zero-order valence-corrected chi connectivity index (χ0v) is 14.7. The van der Waals surface area contributed by atoms with Gasteiger partial charge in [-0.25, -0.2) is 26.9 Å². The number of rotatable bonds is 7. The number of hydrogen-bond donors (Lipinski definition) is 1. The van der Waals surface area contributed by atoms with Crippen LogP contribution in [0.1, 0.15) is 18.1 Å². The summed E-state index contributed by atoms with van der Waals surface area (Å²) >= 11 is 0. The van der Waals surface area contributed by atoms with Gasteiger partial charge in [0, 0.05) is 30.6 Å². The van der Waals surface area contributed by atoms with Gasteiger partial charge in [0.2, 0.25) is 15.9 Å². The first kappa shape index (κ1) is 18.7. The summed E-state index contributed by atoms with van der Waals surface area (Å²) in [5, 5.41) is 3.66. The lowest BCUT2D eigenvalue weighted by molar-refractivity contribution is 0.102. The van der Waals surface area contributed by atoms with Gasteiger partial charge in [-0.2, -0.15) is 5.10 Å². The summed E-state index contributed by atoms with van der Waals surface area (Å²) in [6, 6.07) is 2.91. The lowest BCUT2D eigenvalue weighted by atomic mass is 10.1. The highest BCUT2D eigenvalue weighted by molar-refractivity contribution is 7.89. The van der Waals surface area contributed by atoms with Crippen LogP contribution < -0.4 is 9.46 Å². The van der Waals surface area contributed by atoms with Crippen LogP contribution in [0.5, 0.6) is 5.88 Å². The highest BCUT2D eigenvalue weighted by atomic mass is 32.2. The molecule has 2 atom stereocenters. The monoisotopic (exact) mass is 388 g/mol. The van der Waals surface area contributed by atoms with Gasteiger partial charge in [0.15, 0.2) is 0 Å². The van der Waals surface area contributed by atoms with Gasteiger partial charge in [-0.15, -0.1) is 0 Å². The van der Waals surface area contributed by atoms with Crippen molar-refractivity contribution in [2.45, 2.75) is 36.4 Å². The SMILES string of the molecule is COc1ccc([C@H]2OCC[C@@H]2NS(=O)(=O)c2cnn(CC(F)F)c2)cn1. The fourth-order valence-corrected chi connectivity index (χ4v) is 3.93. The van der Waals surface area contributed by atoms with Crippen molar-refractivity contribution in [1.82, 2.24) is 19.5 Å². The summed E-state index contributed by atoms with van der Waals surface area (Å²) in [5.41, 5.74) is 0.712. The van der Waals surface area contributed by atoms with Crippen molar-refractivity contribution in [3.8, 4) is 5.88 Å². The molecule has 3 heterocycles. The van der Waals surface area contributed by atoms with E-state index in [1.54, 1.807) is 18.3 Å². The second kappa shape index (κ2) is 7.64. The molecular formula is C15H18F2N4O4S. The van der Waals surface area contributed by atoms with Crippen LogP contribution in [0.25, 0.3) is 0 Å². The Balaban J connectivity index is 1.74. The Kier molecular flexibility index (Phi) is 5.49. The van der Waals surface area contributed by atoms with E-state index in [0.717, 1.165) is 17.1 Å². The van der Waals surface area contributed by atoms with Gasteiger partial charge in [0.1, 0.15) is 17.5 Å². The Morgan fingerprint density at radius 3 is 2.88 bits per heavy atom. The van der Waals surface area contributed by atoms with Crippen LogP contribution >= 0.6 is 0 Å². The lowest BCUT2D eigenvalue weighted by Crippen LogP contribution is -2.36. The van der Waals surface area contributed by atoms with Gasteiger partial charge in [0.05, 0.1) is 19.3 Å².